The number of hydrogen-bond donors (Lipinski definition) is 3. The lowest BCUT2D eigenvalue weighted by molar-refractivity contribution is -0.175. The molecular formula is C14H13BI2N4O5. The molecule has 2 atom stereocenters. The van der Waals surface area contributed by atoms with Crippen molar-refractivity contribution in [3.63, 3.8) is 0 Å². The van der Waals surface area contributed by atoms with Crippen LogP contribution in [0.25, 0.3) is 10.9 Å². The van der Waals surface area contributed by atoms with Gasteiger partial charge in [-0.15, -0.1) is 0 Å². The minimum absolute atomic E-state index is 0.0796. The van der Waals surface area contributed by atoms with Gasteiger partial charge in [0, 0.05) is 6.42 Å². The molecule has 3 N–H and O–H groups in total. The Labute approximate surface area is 176 Å². The van der Waals surface area contributed by atoms with Crippen LogP contribution in [0.2, 0.25) is 0 Å². The maximum absolute atomic E-state index is 13.2. The van der Waals surface area contributed by atoms with Crippen LogP contribution in [-0.4, -0.2) is 44.9 Å². The summed E-state index contributed by atoms with van der Waals surface area (Å²) in [6.07, 6.45) is -0.668. The molecule has 2 heterocycles. The third kappa shape index (κ3) is 2.91. The first-order valence-corrected chi connectivity index (χ1v) is 9.37. The van der Waals surface area contributed by atoms with Gasteiger partial charge in [-0.05, 0) is 19.1 Å². The largest absolute Gasteiger partial charge is 0.389 e. The van der Waals surface area contributed by atoms with Gasteiger partial charge in [-0.2, -0.15) is 0 Å². The zero-order valence-corrected chi connectivity index (χ0v) is 18.0. The van der Waals surface area contributed by atoms with E-state index in [-0.39, 0.29) is 11.2 Å². The van der Waals surface area contributed by atoms with Crippen LogP contribution in [0.15, 0.2) is 23.0 Å². The van der Waals surface area contributed by atoms with Gasteiger partial charge >= 0.3 is 0 Å². The number of aliphatic hydroxyl groups is 2. The standard InChI is InChI=1S/C14H13BI2N4O5/c1-6-18-7-3-2-4-8(21(16)17)9(7)10(22)20(6)14(26)5-13(15,25)11(23)19-12(14)24/h2-4,25-26H,5,15H2,1H3,(H,19,23,24). The van der Waals surface area contributed by atoms with E-state index >= 15 is 0 Å². The van der Waals surface area contributed by atoms with Crippen molar-refractivity contribution in [3.05, 3.63) is 34.4 Å². The Morgan fingerprint density at radius 1 is 1.27 bits per heavy atom. The molecule has 136 valence electrons. The van der Waals surface area contributed by atoms with Gasteiger partial charge in [0.1, 0.15) is 11.3 Å². The van der Waals surface area contributed by atoms with Crippen molar-refractivity contribution in [1.29, 1.82) is 0 Å². The van der Waals surface area contributed by atoms with Crippen LogP contribution in [0.3, 0.4) is 0 Å². The van der Waals surface area contributed by atoms with Gasteiger partial charge in [-0.25, -0.2) is 4.98 Å². The van der Waals surface area contributed by atoms with Crippen LogP contribution in [0.1, 0.15) is 12.2 Å². The minimum Gasteiger partial charge on any atom is -0.389 e. The monoisotopic (exact) mass is 582 g/mol. The quantitative estimate of drug-likeness (QED) is 0.184. The van der Waals surface area contributed by atoms with Crippen molar-refractivity contribution in [2.24, 2.45) is 0 Å². The van der Waals surface area contributed by atoms with E-state index in [0.29, 0.717) is 11.2 Å². The zero-order chi connectivity index (χ0) is 19.4. The number of amides is 2. The summed E-state index contributed by atoms with van der Waals surface area (Å²) in [7, 11) is 1.16. The van der Waals surface area contributed by atoms with E-state index in [0.717, 1.165) is 12.4 Å². The lowest BCUT2D eigenvalue weighted by Crippen LogP contribution is -2.67. The number of rotatable bonds is 2. The highest BCUT2D eigenvalue weighted by molar-refractivity contribution is 14.2. The number of anilines is 1. The van der Waals surface area contributed by atoms with Crippen molar-refractivity contribution >= 4 is 82.0 Å². The van der Waals surface area contributed by atoms with Crippen molar-refractivity contribution in [2.45, 2.75) is 24.6 Å². The molecule has 2 aromatic rings. The predicted molar refractivity (Wildman–Crippen MR) is 113 cm³/mol. The van der Waals surface area contributed by atoms with Crippen molar-refractivity contribution in [2.75, 3.05) is 1.33 Å². The first-order valence-electron chi connectivity index (χ1n) is 7.44. The van der Waals surface area contributed by atoms with Crippen molar-refractivity contribution in [3.8, 4) is 0 Å². The Bertz CT molecular complexity index is 1010. The van der Waals surface area contributed by atoms with Gasteiger partial charge in [0.05, 0.1) is 62.3 Å². The normalized spacial score (nSPS) is 26.0. The number of aryl methyl sites for hydroxylation is 1. The molecule has 1 aliphatic rings. The molecule has 26 heavy (non-hydrogen) atoms. The second-order valence-electron chi connectivity index (χ2n) is 6.25. The van der Waals surface area contributed by atoms with Crippen LogP contribution < -0.4 is 12.2 Å². The number of carbonyl (C=O) groups is 2. The average molecular weight is 582 g/mol. The van der Waals surface area contributed by atoms with Crippen LogP contribution in [0.4, 0.5) is 5.69 Å². The third-order valence-corrected chi connectivity index (χ3v) is 5.31. The van der Waals surface area contributed by atoms with Crippen molar-refractivity contribution < 1.29 is 19.8 Å². The number of hydrogen-bond acceptors (Lipinski definition) is 7. The number of piperidine rings is 1. The lowest BCUT2D eigenvalue weighted by atomic mass is 9.72. The lowest BCUT2D eigenvalue weighted by Gasteiger charge is -2.39. The molecule has 9 nitrogen and oxygen atoms in total. The smallest absolute Gasteiger partial charge is 0.280 e. The molecule has 2 unspecified atom stereocenters. The molecule has 12 heteroatoms. The number of nitrogens with one attached hydrogen (secondary N) is 1. The van der Waals surface area contributed by atoms with E-state index in [1.807, 2.05) is 51.0 Å². The predicted octanol–water partition coefficient (Wildman–Crippen LogP) is -0.775. The van der Waals surface area contributed by atoms with E-state index in [9.17, 15) is 24.6 Å². The van der Waals surface area contributed by atoms with Crippen molar-refractivity contribution in [1.82, 2.24) is 14.9 Å². The van der Waals surface area contributed by atoms with E-state index < -0.39 is 35.0 Å². The van der Waals surface area contributed by atoms with Gasteiger partial charge in [-0.3, -0.25) is 25.6 Å². The second-order valence-corrected chi connectivity index (χ2v) is 10.0. The first kappa shape index (κ1) is 19.5. The SMILES string of the molecule is BC1(O)CC(O)(n2c(C)nc3cccc(N(I)I)c3c2=O)C(=O)NC1=O. The molecular weight excluding hydrogens is 569 g/mol. The summed E-state index contributed by atoms with van der Waals surface area (Å²) in [6, 6.07) is 5.09. The fourth-order valence-electron chi connectivity index (χ4n) is 3.06. The Balaban J connectivity index is 2.35. The zero-order valence-electron chi connectivity index (χ0n) is 13.7. The number of carbonyl (C=O) groups excluding carboxylic acids is 2. The number of fused-ring (bicyclic) bond motifs is 1. The fourth-order valence-corrected chi connectivity index (χ4v) is 3.86. The molecule has 0 bridgehead atoms. The molecule has 0 radical (unpaired) electrons. The summed E-state index contributed by atoms with van der Waals surface area (Å²) in [6.45, 7) is 1.47. The van der Waals surface area contributed by atoms with Gasteiger partial charge in [0.15, 0.2) is 7.85 Å². The topological polar surface area (TPSA) is 125 Å². The number of nitrogens with zero attached hydrogens (tertiary/aromatic N) is 3. The summed E-state index contributed by atoms with van der Waals surface area (Å²) < 4.78 is 2.48. The highest BCUT2D eigenvalue weighted by Gasteiger charge is 2.53. The summed E-state index contributed by atoms with van der Waals surface area (Å²) in [5, 5.41) is 23.3. The molecule has 1 fully saturated rings. The van der Waals surface area contributed by atoms with E-state index in [1.165, 1.54) is 6.92 Å². The number of imide groups is 1. The third-order valence-electron chi connectivity index (χ3n) is 4.27. The van der Waals surface area contributed by atoms with Gasteiger partial charge in [-0.1, -0.05) is 6.07 Å². The molecule has 1 saturated heterocycles. The molecule has 3 rings (SSSR count). The van der Waals surface area contributed by atoms with Crippen LogP contribution in [0.5, 0.6) is 0 Å². The van der Waals surface area contributed by atoms with Gasteiger partial charge in [0.2, 0.25) is 11.6 Å². The summed E-state index contributed by atoms with van der Waals surface area (Å²) in [5.74, 6) is -1.94. The van der Waals surface area contributed by atoms with E-state index in [2.05, 4.69) is 4.98 Å². The number of aromatic nitrogens is 2. The van der Waals surface area contributed by atoms with Crippen LogP contribution >= 0.6 is 45.7 Å². The van der Waals surface area contributed by atoms with Crippen LogP contribution in [0, 0.1) is 6.92 Å². The Kier molecular flexibility index (Phi) is 4.82. The van der Waals surface area contributed by atoms with Crippen LogP contribution in [-0.2, 0) is 15.3 Å². The Morgan fingerprint density at radius 3 is 2.54 bits per heavy atom. The second kappa shape index (κ2) is 6.42. The number of halogens is 2. The Hall–Kier alpha value is -1.26. The van der Waals surface area contributed by atoms with Gasteiger partial charge < -0.3 is 10.2 Å². The molecule has 0 spiro atoms. The van der Waals surface area contributed by atoms with E-state index in [1.54, 1.807) is 19.5 Å². The fraction of sp³-hybridized carbons (Fsp3) is 0.286. The molecule has 0 aliphatic carbocycles. The molecule has 1 aromatic heterocycles. The molecule has 1 aromatic carbocycles. The average Bonchev–Trinajstić information content (AvgIpc) is 2.52. The highest BCUT2D eigenvalue weighted by Crippen LogP contribution is 2.32. The molecule has 2 amide bonds. The maximum Gasteiger partial charge on any atom is 0.280 e. The van der Waals surface area contributed by atoms with Gasteiger partial charge in [0.25, 0.3) is 11.5 Å². The van der Waals surface area contributed by atoms with E-state index in [4.69, 9.17) is 0 Å². The molecule has 0 saturated carbocycles. The first-order chi connectivity index (χ1) is 12.0. The minimum atomic E-state index is -2.45. The Morgan fingerprint density at radius 2 is 1.92 bits per heavy atom. The molecule has 1 aliphatic heterocycles. The summed E-state index contributed by atoms with van der Waals surface area (Å²) >= 11 is 3.96. The summed E-state index contributed by atoms with van der Waals surface area (Å²) in [5.41, 5.74) is -4.18. The highest BCUT2D eigenvalue weighted by atomic mass is 127. The number of benzene rings is 1. The maximum atomic E-state index is 13.2. The summed E-state index contributed by atoms with van der Waals surface area (Å²) in [4.78, 5) is 41.7.